The van der Waals surface area contributed by atoms with Gasteiger partial charge in [0.1, 0.15) is 0 Å². The van der Waals surface area contributed by atoms with Crippen LogP contribution >= 0.6 is 11.3 Å². The predicted molar refractivity (Wildman–Crippen MR) is 63.7 cm³/mol. The molecule has 1 aromatic heterocycles. The summed E-state index contributed by atoms with van der Waals surface area (Å²) in [6.07, 6.45) is 0. The molecule has 6 heteroatoms. The van der Waals surface area contributed by atoms with E-state index >= 15 is 0 Å². The highest BCUT2D eigenvalue weighted by molar-refractivity contribution is 7.14. The number of thiazole rings is 1. The van der Waals surface area contributed by atoms with Gasteiger partial charge in [0.25, 0.3) is 0 Å². The third kappa shape index (κ3) is 3.03. The zero-order valence-corrected chi connectivity index (χ0v) is 11.1. The van der Waals surface area contributed by atoms with E-state index in [4.69, 9.17) is 9.84 Å². The van der Waals surface area contributed by atoms with Crippen LogP contribution in [-0.2, 0) is 10.2 Å². The van der Waals surface area contributed by atoms with Crippen molar-refractivity contribution < 1.29 is 19.4 Å². The van der Waals surface area contributed by atoms with E-state index in [1.807, 2.05) is 20.8 Å². The van der Waals surface area contributed by atoms with Crippen LogP contribution in [0.4, 0.5) is 0 Å². The number of carbonyl (C=O) groups is 2. The average molecular weight is 257 g/mol. The Kier molecular flexibility index (Phi) is 3.87. The molecule has 0 unspecified atom stereocenters. The molecule has 0 aliphatic heterocycles. The molecule has 5 nitrogen and oxygen atoms in total. The van der Waals surface area contributed by atoms with Crippen LogP contribution in [0, 0.1) is 0 Å². The number of carboxylic acid groups (broad SMARTS) is 1. The van der Waals surface area contributed by atoms with Crippen molar-refractivity contribution in [3.8, 4) is 0 Å². The van der Waals surface area contributed by atoms with Crippen molar-refractivity contribution in [3.05, 3.63) is 15.6 Å². The quantitative estimate of drug-likeness (QED) is 0.841. The zero-order chi connectivity index (χ0) is 13.2. The summed E-state index contributed by atoms with van der Waals surface area (Å²) in [4.78, 5) is 27.0. The third-order valence-electron chi connectivity index (χ3n) is 1.96. The van der Waals surface area contributed by atoms with E-state index in [1.54, 1.807) is 6.92 Å². The molecule has 0 radical (unpaired) electrons. The van der Waals surface area contributed by atoms with Crippen molar-refractivity contribution in [1.29, 1.82) is 0 Å². The van der Waals surface area contributed by atoms with Gasteiger partial charge in [0, 0.05) is 4.88 Å². The summed E-state index contributed by atoms with van der Waals surface area (Å²) < 4.78 is 4.80. The number of rotatable bonds is 3. The number of aromatic carboxylic acids is 1. The fourth-order valence-electron chi connectivity index (χ4n) is 1.25. The Morgan fingerprint density at radius 3 is 2.35 bits per heavy atom. The molecule has 0 aliphatic rings. The molecule has 0 amide bonds. The number of esters is 1. The number of aromatic nitrogens is 1. The van der Waals surface area contributed by atoms with Gasteiger partial charge in [0.15, 0.2) is 5.69 Å². The van der Waals surface area contributed by atoms with Gasteiger partial charge in [-0.1, -0.05) is 20.8 Å². The van der Waals surface area contributed by atoms with Gasteiger partial charge in [-0.25, -0.2) is 14.6 Å². The first-order valence-corrected chi connectivity index (χ1v) is 6.00. The van der Waals surface area contributed by atoms with Gasteiger partial charge >= 0.3 is 11.9 Å². The van der Waals surface area contributed by atoms with Crippen LogP contribution in [0.1, 0.15) is 52.9 Å². The molecule has 1 heterocycles. The highest BCUT2D eigenvalue weighted by atomic mass is 32.1. The lowest BCUT2D eigenvalue weighted by atomic mass is 9.93. The zero-order valence-electron chi connectivity index (χ0n) is 10.2. The van der Waals surface area contributed by atoms with E-state index in [2.05, 4.69) is 4.98 Å². The molecule has 0 bridgehead atoms. The first-order valence-electron chi connectivity index (χ1n) is 5.19. The molecule has 1 rings (SSSR count). The topological polar surface area (TPSA) is 76.5 Å². The standard InChI is InChI=1S/C11H15NO4S/c1-5-16-10(15)8-12-6(9(13)14)7(17-8)11(2,3)4/h5H2,1-4H3,(H,13,14). The van der Waals surface area contributed by atoms with Crippen molar-refractivity contribution in [2.45, 2.75) is 33.1 Å². The second-order valence-corrected chi connectivity index (χ2v) is 5.47. The Hall–Kier alpha value is -1.43. The normalized spacial score (nSPS) is 11.3. The second-order valence-electron chi connectivity index (χ2n) is 4.47. The SMILES string of the molecule is CCOC(=O)c1nc(C(=O)O)c(C(C)(C)C)s1. The van der Waals surface area contributed by atoms with Crippen LogP contribution in [0.3, 0.4) is 0 Å². The molecular formula is C11H15NO4S. The Morgan fingerprint density at radius 1 is 1.41 bits per heavy atom. The minimum atomic E-state index is -1.12. The maximum absolute atomic E-state index is 11.5. The molecule has 0 saturated carbocycles. The van der Waals surface area contributed by atoms with E-state index in [0.29, 0.717) is 4.88 Å². The lowest BCUT2D eigenvalue weighted by Crippen LogP contribution is -2.14. The molecule has 1 N–H and O–H groups in total. The lowest BCUT2D eigenvalue weighted by molar-refractivity contribution is 0.0526. The summed E-state index contributed by atoms with van der Waals surface area (Å²) in [5.41, 5.74) is -0.429. The number of carbonyl (C=O) groups excluding carboxylic acids is 1. The van der Waals surface area contributed by atoms with E-state index in [-0.39, 0.29) is 22.7 Å². The molecule has 0 aromatic carbocycles. The van der Waals surface area contributed by atoms with Crippen LogP contribution < -0.4 is 0 Å². The summed E-state index contributed by atoms with van der Waals surface area (Å²) in [5.74, 6) is -1.70. The molecule has 94 valence electrons. The monoisotopic (exact) mass is 257 g/mol. The number of carboxylic acids is 1. The van der Waals surface area contributed by atoms with Gasteiger partial charge < -0.3 is 9.84 Å². The highest BCUT2D eigenvalue weighted by Gasteiger charge is 2.29. The maximum atomic E-state index is 11.5. The van der Waals surface area contributed by atoms with Gasteiger partial charge in [-0.2, -0.15) is 0 Å². The van der Waals surface area contributed by atoms with Crippen LogP contribution in [0.2, 0.25) is 0 Å². The summed E-state index contributed by atoms with van der Waals surface area (Å²) in [6.45, 7) is 7.56. The Labute approximate surface area is 103 Å². The molecule has 0 saturated heterocycles. The van der Waals surface area contributed by atoms with Crippen molar-refractivity contribution in [3.63, 3.8) is 0 Å². The number of nitrogens with zero attached hydrogens (tertiary/aromatic N) is 1. The molecule has 0 spiro atoms. The first kappa shape index (κ1) is 13.6. The molecular weight excluding hydrogens is 242 g/mol. The fraction of sp³-hybridized carbons (Fsp3) is 0.545. The van der Waals surface area contributed by atoms with Crippen molar-refractivity contribution in [2.75, 3.05) is 6.61 Å². The molecule has 17 heavy (non-hydrogen) atoms. The van der Waals surface area contributed by atoms with Gasteiger partial charge in [-0.3, -0.25) is 0 Å². The minimum Gasteiger partial charge on any atom is -0.476 e. The largest absolute Gasteiger partial charge is 0.476 e. The van der Waals surface area contributed by atoms with Crippen LogP contribution in [0.5, 0.6) is 0 Å². The maximum Gasteiger partial charge on any atom is 0.367 e. The van der Waals surface area contributed by atoms with Crippen LogP contribution in [0.15, 0.2) is 0 Å². The van der Waals surface area contributed by atoms with E-state index in [9.17, 15) is 9.59 Å². The Morgan fingerprint density at radius 2 is 2.00 bits per heavy atom. The van der Waals surface area contributed by atoms with E-state index < -0.39 is 11.9 Å². The smallest absolute Gasteiger partial charge is 0.367 e. The summed E-state index contributed by atoms with van der Waals surface area (Å²) in [5, 5.41) is 9.14. The van der Waals surface area contributed by atoms with Gasteiger partial charge in [-0.05, 0) is 12.3 Å². The average Bonchev–Trinajstić information content (AvgIpc) is 2.61. The summed E-state index contributed by atoms with van der Waals surface area (Å²) >= 11 is 1.08. The van der Waals surface area contributed by atoms with Crippen LogP contribution in [-0.4, -0.2) is 28.6 Å². The van der Waals surface area contributed by atoms with Crippen molar-refractivity contribution >= 4 is 23.3 Å². The van der Waals surface area contributed by atoms with Gasteiger partial charge in [-0.15, -0.1) is 11.3 Å². The van der Waals surface area contributed by atoms with E-state index in [1.165, 1.54) is 0 Å². The van der Waals surface area contributed by atoms with Gasteiger partial charge in [0.2, 0.25) is 5.01 Å². The number of ether oxygens (including phenoxy) is 1. The highest BCUT2D eigenvalue weighted by Crippen LogP contribution is 2.31. The Balaban J connectivity index is 3.22. The molecule has 0 atom stereocenters. The minimum absolute atomic E-state index is 0.0643. The Bertz CT molecular complexity index is 445. The van der Waals surface area contributed by atoms with Crippen molar-refractivity contribution in [2.24, 2.45) is 0 Å². The summed E-state index contributed by atoms with van der Waals surface area (Å²) in [6, 6.07) is 0. The van der Waals surface area contributed by atoms with Gasteiger partial charge in [0.05, 0.1) is 6.61 Å². The molecule has 0 fully saturated rings. The third-order valence-corrected chi connectivity index (χ3v) is 3.42. The lowest BCUT2D eigenvalue weighted by Gasteiger charge is -2.16. The summed E-state index contributed by atoms with van der Waals surface area (Å²) in [7, 11) is 0. The first-order chi connectivity index (χ1) is 7.77. The van der Waals surface area contributed by atoms with E-state index in [0.717, 1.165) is 11.3 Å². The fourth-order valence-corrected chi connectivity index (χ4v) is 2.26. The number of hydrogen-bond donors (Lipinski definition) is 1. The predicted octanol–water partition coefficient (Wildman–Crippen LogP) is 2.32. The second kappa shape index (κ2) is 4.83. The number of hydrogen-bond acceptors (Lipinski definition) is 5. The van der Waals surface area contributed by atoms with Crippen molar-refractivity contribution in [1.82, 2.24) is 4.98 Å². The molecule has 1 aromatic rings. The molecule has 0 aliphatic carbocycles. The van der Waals surface area contributed by atoms with Crippen LogP contribution in [0.25, 0.3) is 0 Å².